The number of hydrogen-bond donors (Lipinski definition) is 1. The summed E-state index contributed by atoms with van der Waals surface area (Å²) in [4.78, 5) is 14.8. The molecular formula is C16H30N2O4S. The van der Waals surface area contributed by atoms with Crippen LogP contribution in [0.5, 0.6) is 0 Å². The van der Waals surface area contributed by atoms with Gasteiger partial charge in [-0.3, -0.25) is 4.79 Å². The minimum absolute atomic E-state index is 0.0656. The van der Waals surface area contributed by atoms with E-state index in [-0.39, 0.29) is 17.9 Å². The van der Waals surface area contributed by atoms with E-state index in [4.69, 9.17) is 0 Å². The van der Waals surface area contributed by atoms with E-state index in [1.54, 1.807) is 0 Å². The van der Waals surface area contributed by atoms with Crippen LogP contribution in [0, 0.1) is 5.92 Å². The molecule has 2 fully saturated rings. The Labute approximate surface area is 139 Å². The lowest BCUT2D eigenvalue weighted by atomic mass is 9.89. The van der Waals surface area contributed by atoms with Crippen molar-refractivity contribution in [3.05, 3.63) is 0 Å². The van der Waals surface area contributed by atoms with E-state index in [9.17, 15) is 18.3 Å². The van der Waals surface area contributed by atoms with Gasteiger partial charge in [0, 0.05) is 25.6 Å². The van der Waals surface area contributed by atoms with Crippen LogP contribution < -0.4 is 0 Å². The second-order valence-electron chi connectivity index (χ2n) is 6.89. The fourth-order valence-electron chi connectivity index (χ4n) is 3.80. The summed E-state index contributed by atoms with van der Waals surface area (Å²) >= 11 is 0. The van der Waals surface area contributed by atoms with Crippen LogP contribution in [0.25, 0.3) is 0 Å². The molecule has 2 atom stereocenters. The monoisotopic (exact) mass is 346 g/mol. The number of nitrogens with zero attached hydrogens (tertiary/aromatic N) is 2. The predicted octanol–water partition coefficient (Wildman–Crippen LogP) is 1.20. The van der Waals surface area contributed by atoms with Crippen molar-refractivity contribution in [3.8, 4) is 0 Å². The number of aliphatic hydroxyl groups is 1. The summed E-state index contributed by atoms with van der Waals surface area (Å²) in [6.07, 6.45) is 6.55. The van der Waals surface area contributed by atoms with E-state index in [1.165, 1.54) is 10.6 Å². The topological polar surface area (TPSA) is 77.9 Å². The number of aliphatic hydroxyl groups excluding tert-OH is 1. The molecule has 0 radical (unpaired) electrons. The first-order valence-corrected chi connectivity index (χ1v) is 10.6. The highest BCUT2D eigenvalue weighted by Gasteiger charge is 2.36. The molecule has 1 saturated heterocycles. The van der Waals surface area contributed by atoms with E-state index in [0.29, 0.717) is 32.5 Å². The average Bonchev–Trinajstić information content (AvgIpc) is 2.52. The van der Waals surface area contributed by atoms with Crippen molar-refractivity contribution in [1.29, 1.82) is 0 Å². The molecule has 1 amide bonds. The fraction of sp³-hybridized carbons (Fsp3) is 0.938. The molecule has 23 heavy (non-hydrogen) atoms. The van der Waals surface area contributed by atoms with Crippen LogP contribution in [-0.2, 0) is 14.8 Å². The Morgan fingerprint density at radius 3 is 2.30 bits per heavy atom. The summed E-state index contributed by atoms with van der Waals surface area (Å²) in [5.74, 6) is -0.0142. The molecule has 2 rings (SSSR count). The Bertz CT molecular complexity index is 500. The zero-order valence-electron chi connectivity index (χ0n) is 14.3. The third kappa shape index (κ3) is 4.67. The van der Waals surface area contributed by atoms with Crippen LogP contribution >= 0.6 is 0 Å². The van der Waals surface area contributed by atoms with Gasteiger partial charge in [0.05, 0.1) is 18.4 Å². The molecule has 1 aliphatic heterocycles. The molecule has 0 aromatic rings. The number of amides is 1. The number of sulfonamides is 1. The van der Waals surface area contributed by atoms with Crippen molar-refractivity contribution in [2.24, 2.45) is 5.92 Å². The van der Waals surface area contributed by atoms with Gasteiger partial charge >= 0.3 is 0 Å². The molecule has 7 heteroatoms. The van der Waals surface area contributed by atoms with E-state index >= 15 is 0 Å². The molecule has 0 spiro atoms. The van der Waals surface area contributed by atoms with E-state index in [1.807, 2.05) is 11.8 Å². The maximum Gasteiger partial charge on any atom is 0.226 e. The Hall–Kier alpha value is -0.660. The van der Waals surface area contributed by atoms with Crippen molar-refractivity contribution in [2.45, 2.75) is 64.0 Å². The van der Waals surface area contributed by atoms with Crippen molar-refractivity contribution < 1.29 is 18.3 Å². The lowest BCUT2D eigenvalue weighted by Crippen LogP contribution is -2.52. The second-order valence-corrected chi connectivity index (χ2v) is 8.87. The van der Waals surface area contributed by atoms with Crippen molar-refractivity contribution in [3.63, 3.8) is 0 Å². The van der Waals surface area contributed by atoms with Crippen molar-refractivity contribution in [1.82, 2.24) is 9.21 Å². The molecule has 0 aromatic carbocycles. The smallest absolute Gasteiger partial charge is 0.226 e. The summed E-state index contributed by atoms with van der Waals surface area (Å²) in [6, 6.07) is -0.0656. The Morgan fingerprint density at radius 1 is 1.17 bits per heavy atom. The molecule has 1 aliphatic carbocycles. The average molecular weight is 346 g/mol. The maximum atomic E-state index is 12.9. The molecule has 2 aliphatic rings. The Balaban J connectivity index is 2.01. The van der Waals surface area contributed by atoms with Crippen LogP contribution in [-0.4, -0.2) is 66.7 Å². The molecule has 6 nitrogen and oxygen atoms in total. The minimum Gasteiger partial charge on any atom is -0.391 e. The quantitative estimate of drug-likeness (QED) is 0.811. The van der Waals surface area contributed by atoms with E-state index in [2.05, 4.69) is 0 Å². The largest absolute Gasteiger partial charge is 0.391 e. The van der Waals surface area contributed by atoms with Gasteiger partial charge in [-0.15, -0.1) is 0 Å². The summed E-state index contributed by atoms with van der Waals surface area (Å²) in [7, 11) is -3.17. The first kappa shape index (κ1) is 18.7. The lowest BCUT2D eigenvalue weighted by Gasteiger charge is -2.40. The summed E-state index contributed by atoms with van der Waals surface area (Å²) < 4.78 is 24.6. The Kier molecular flexibility index (Phi) is 6.45. The number of carbonyl (C=O) groups is 1. The fourth-order valence-corrected chi connectivity index (χ4v) is 4.68. The first-order valence-electron chi connectivity index (χ1n) is 8.78. The van der Waals surface area contributed by atoms with Gasteiger partial charge < -0.3 is 10.0 Å². The van der Waals surface area contributed by atoms with Gasteiger partial charge in [-0.05, 0) is 32.1 Å². The molecule has 1 N–H and O–H groups in total. The third-order valence-electron chi connectivity index (χ3n) is 5.11. The highest BCUT2D eigenvalue weighted by molar-refractivity contribution is 7.88. The summed E-state index contributed by atoms with van der Waals surface area (Å²) in [5.41, 5.74) is 0. The van der Waals surface area contributed by atoms with E-state index in [0.717, 1.165) is 32.1 Å². The number of hydrogen-bond acceptors (Lipinski definition) is 4. The van der Waals surface area contributed by atoms with Gasteiger partial charge in [-0.25, -0.2) is 12.7 Å². The standard InChI is InChI=1S/C16H30N2O4S/c1-3-10-18(14-6-4-5-7-15(14)19)16(20)13-8-11-17(12-9-13)23(2,21)22/h13-15,19H,3-12H2,1-2H3/t14-,15+/m1/s1. The SMILES string of the molecule is CCCN(C(=O)C1CCN(S(C)(=O)=O)CC1)[C@@H]1CCCC[C@@H]1O. The molecule has 0 bridgehead atoms. The summed E-state index contributed by atoms with van der Waals surface area (Å²) in [6.45, 7) is 3.56. The van der Waals surface area contributed by atoms with Crippen LogP contribution in [0.1, 0.15) is 51.9 Å². The number of rotatable bonds is 5. The van der Waals surface area contributed by atoms with Gasteiger partial charge in [-0.2, -0.15) is 0 Å². The van der Waals surface area contributed by atoms with Gasteiger partial charge in [0.25, 0.3) is 0 Å². The van der Waals surface area contributed by atoms with Crippen LogP contribution in [0.3, 0.4) is 0 Å². The van der Waals surface area contributed by atoms with Crippen LogP contribution in [0.15, 0.2) is 0 Å². The maximum absolute atomic E-state index is 12.9. The summed E-state index contributed by atoms with van der Waals surface area (Å²) in [5, 5.41) is 10.3. The normalized spacial score (nSPS) is 27.8. The zero-order chi connectivity index (χ0) is 17.0. The van der Waals surface area contributed by atoms with Gasteiger partial charge in [0.15, 0.2) is 0 Å². The van der Waals surface area contributed by atoms with Crippen molar-refractivity contribution >= 4 is 15.9 Å². The molecule has 1 saturated carbocycles. The van der Waals surface area contributed by atoms with Gasteiger partial charge in [0.1, 0.15) is 0 Å². The van der Waals surface area contributed by atoms with Gasteiger partial charge in [0.2, 0.25) is 15.9 Å². The minimum atomic E-state index is -3.17. The Morgan fingerprint density at radius 2 is 1.78 bits per heavy atom. The molecule has 1 heterocycles. The lowest BCUT2D eigenvalue weighted by molar-refractivity contribution is -0.143. The molecular weight excluding hydrogens is 316 g/mol. The third-order valence-corrected chi connectivity index (χ3v) is 6.42. The number of carbonyl (C=O) groups excluding carboxylic acids is 1. The molecule has 134 valence electrons. The zero-order valence-corrected chi connectivity index (χ0v) is 15.1. The molecule has 0 aromatic heterocycles. The highest BCUT2D eigenvalue weighted by atomic mass is 32.2. The first-order chi connectivity index (χ1) is 10.8. The van der Waals surface area contributed by atoms with E-state index < -0.39 is 16.1 Å². The van der Waals surface area contributed by atoms with Gasteiger partial charge in [-0.1, -0.05) is 19.8 Å². The highest BCUT2D eigenvalue weighted by Crippen LogP contribution is 2.28. The van der Waals surface area contributed by atoms with Crippen molar-refractivity contribution in [2.75, 3.05) is 25.9 Å². The van der Waals surface area contributed by atoms with Crippen LogP contribution in [0.4, 0.5) is 0 Å². The number of piperidine rings is 1. The molecule has 0 unspecified atom stereocenters. The van der Waals surface area contributed by atoms with Crippen LogP contribution in [0.2, 0.25) is 0 Å². The second kappa shape index (κ2) is 7.94. The predicted molar refractivity (Wildman–Crippen MR) is 89.4 cm³/mol.